The Morgan fingerprint density at radius 2 is 2.09 bits per heavy atom. The molecule has 0 spiro atoms. The van der Waals surface area contributed by atoms with Crippen molar-refractivity contribution in [3.8, 4) is 11.5 Å². The van der Waals surface area contributed by atoms with Crippen LogP contribution in [0.25, 0.3) is 0 Å². The van der Waals surface area contributed by atoms with Crippen LogP contribution >= 0.6 is 0 Å². The van der Waals surface area contributed by atoms with E-state index in [4.69, 9.17) is 4.74 Å². The van der Waals surface area contributed by atoms with E-state index in [0.717, 1.165) is 29.6 Å². The first-order chi connectivity index (χ1) is 10.4. The Kier molecular flexibility index (Phi) is 7.18. The number of carbonyl (C=O) groups is 1. The smallest absolute Gasteiger partial charge is 0.220 e. The second kappa shape index (κ2) is 8.63. The van der Waals surface area contributed by atoms with Gasteiger partial charge in [0.15, 0.2) is 0 Å². The summed E-state index contributed by atoms with van der Waals surface area (Å²) < 4.78 is 5.97. The number of hydrogen-bond donors (Lipinski definition) is 1. The van der Waals surface area contributed by atoms with Crippen LogP contribution in [0.3, 0.4) is 0 Å². The van der Waals surface area contributed by atoms with E-state index in [1.54, 1.807) is 12.1 Å². The van der Waals surface area contributed by atoms with Crippen molar-refractivity contribution in [3.63, 3.8) is 0 Å². The minimum absolute atomic E-state index is 0.0481. The van der Waals surface area contributed by atoms with Crippen LogP contribution in [0.4, 0.5) is 0 Å². The predicted molar refractivity (Wildman–Crippen MR) is 85.9 cm³/mol. The molecular weight excluding hydrogens is 280 g/mol. The summed E-state index contributed by atoms with van der Waals surface area (Å²) in [4.78, 5) is 11.8. The van der Waals surface area contributed by atoms with Crippen LogP contribution < -0.4 is 15.2 Å². The van der Waals surface area contributed by atoms with E-state index >= 15 is 0 Å². The van der Waals surface area contributed by atoms with Gasteiger partial charge in [0.2, 0.25) is 5.91 Å². The second-order valence-electron chi connectivity index (χ2n) is 6.16. The Balaban J connectivity index is 2.29. The third kappa shape index (κ3) is 6.35. The van der Waals surface area contributed by atoms with Crippen molar-refractivity contribution < 1.29 is 19.1 Å². The highest BCUT2D eigenvalue weighted by atomic mass is 16.5. The topological polar surface area (TPSA) is 61.4 Å². The van der Waals surface area contributed by atoms with Gasteiger partial charge in [0.1, 0.15) is 5.75 Å². The van der Waals surface area contributed by atoms with E-state index < -0.39 is 0 Å². The van der Waals surface area contributed by atoms with Crippen molar-refractivity contribution in [1.82, 2.24) is 5.32 Å². The molecule has 1 aromatic rings. The van der Waals surface area contributed by atoms with E-state index in [9.17, 15) is 9.90 Å². The fraction of sp³-hybridized carbons (Fsp3) is 0.588. The molecule has 0 aromatic heterocycles. The molecular formula is C17H28N2O3. The maximum absolute atomic E-state index is 11.8. The minimum Gasteiger partial charge on any atom is -0.870 e. The van der Waals surface area contributed by atoms with E-state index in [1.807, 2.05) is 0 Å². The first-order valence-corrected chi connectivity index (χ1v) is 7.80. The maximum Gasteiger partial charge on any atom is 0.220 e. The van der Waals surface area contributed by atoms with Crippen molar-refractivity contribution in [2.45, 2.75) is 26.2 Å². The van der Waals surface area contributed by atoms with Crippen LogP contribution in [-0.2, 0) is 11.2 Å². The Hall–Kier alpha value is -1.75. The highest BCUT2D eigenvalue weighted by Crippen LogP contribution is 2.24. The quantitative estimate of drug-likeness (QED) is 0.552. The molecule has 0 heterocycles. The average molecular weight is 308 g/mol. The molecule has 0 atom stereocenters. The number of amides is 1. The van der Waals surface area contributed by atoms with E-state index in [-0.39, 0.29) is 11.7 Å². The standard InChI is InChI=1S/C17H28N2O3/c1-5-19(2,3)12-6-11-18-17(21)10-8-14-7-9-15(20)16(13-14)22-4/h7,9,13H,5-6,8,10-12H2,1-4H3,(H-,18,20,21). The summed E-state index contributed by atoms with van der Waals surface area (Å²) in [5.41, 5.74) is 0.940. The molecule has 124 valence electrons. The van der Waals surface area contributed by atoms with Crippen LogP contribution in [-0.4, -0.2) is 51.2 Å². The summed E-state index contributed by atoms with van der Waals surface area (Å²) in [7, 11) is 5.85. The number of aryl methyl sites for hydroxylation is 1. The lowest BCUT2D eigenvalue weighted by Crippen LogP contribution is -2.41. The molecule has 0 saturated heterocycles. The number of benzene rings is 1. The zero-order valence-corrected chi connectivity index (χ0v) is 14.1. The first-order valence-electron chi connectivity index (χ1n) is 7.80. The summed E-state index contributed by atoms with van der Waals surface area (Å²) in [6.45, 7) is 5.02. The third-order valence-electron chi connectivity index (χ3n) is 3.99. The number of hydrogen-bond acceptors (Lipinski definition) is 3. The lowest BCUT2D eigenvalue weighted by atomic mass is 10.1. The van der Waals surface area contributed by atoms with Gasteiger partial charge in [-0.3, -0.25) is 4.79 Å². The molecule has 5 heteroatoms. The predicted octanol–water partition coefficient (Wildman–Crippen LogP) is 1.30. The monoisotopic (exact) mass is 308 g/mol. The molecule has 1 amide bonds. The van der Waals surface area contributed by atoms with Gasteiger partial charge in [-0.2, -0.15) is 0 Å². The average Bonchev–Trinajstić information content (AvgIpc) is 2.50. The fourth-order valence-electron chi connectivity index (χ4n) is 2.11. The van der Waals surface area contributed by atoms with Crippen molar-refractivity contribution >= 4 is 5.91 Å². The van der Waals surface area contributed by atoms with Gasteiger partial charge in [0, 0.05) is 19.4 Å². The van der Waals surface area contributed by atoms with Crippen LogP contribution in [0.1, 0.15) is 25.3 Å². The number of quaternary nitrogens is 1. The summed E-state index contributed by atoms with van der Waals surface area (Å²) in [5, 5.41) is 14.4. The molecule has 1 rings (SSSR count). The normalized spacial score (nSPS) is 11.3. The summed E-state index contributed by atoms with van der Waals surface area (Å²) in [6.07, 6.45) is 2.01. The van der Waals surface area contributed by atoms with Gasteiger partial charge >= 0.3 is 0 Å². The molecule has 22 heavy (non-hydrogen) atoms. The van der Waals surface area contributed by atoms with E-state index in [0.29, 0.717) is 25.1 Å². The highest BCUT2D eigenvalue weighted by Gasteiger charge is 2.11. The number of methoxy groups -OCH3 is 1. The molecule has 0 aliphatic heterocycles. The molecule has 0 fully saturated rings. The second-order valence-corrected chi connectivity index (χ2v) is 6.16. The molecule has 0 bridgehead atoms. The molecule has 0 aliphatic carbocycles. The van der Waals surface area contributed by atoms with Gasteiger partial charge in [-0.1, -0.05) is 17.9 Å². The highest BCUT2D eigenvalue weighted by molar-refractivity contribution is 5.76. The minimum atomic E-state index is -0.132. The van der Waals surface area contributed by atoms with Gasteiger partial charge in [-0.25, -0.2) is 0 Å². The third-order valence-corrected chi connectivity index (χ3v) is 3.99. The molecule has 0 aliphatic rings. The molecule has 0 unspecified atom stereocenters. The summed E-state index contributed by atoms with van der Waals surface area (Å²) >= 11 is 0. The van der Waals surface area contributed by atoms with Crippen LogP contribution in [0.15, 0.2) is 18.2 Å². The Labute approximate surface area is 133 Å². The largest absolute Gasteiger partial charge is 0.870 e. The number of nitrogens with zero attached hydrogens (tertiary/aromatic N) is 1. The molecule has 5 nitrogen and oxygen atoms in total. The Morgan fingerprint density at radius 3 is 2.73 bits per heavy atom. The van der Waals surface area contributed by atoms with E-state index in [1.165, 1.54) is 13.2 Å². The Morgan fingerprint density at radius 1 is 1.36 bits per heavy atom. The van der Waals surface area contributed by atoms with Crippen molar-refractivity contribution in [3.05, 3.63) is 23.8 Å². The van der Waals surface area contributed by atoms with Crippen molar-refractivity contribution in [2.75, 3.05) is 40.8 Å². The van der Waals surface area contributed by atoms with Crippen LogP contribution in [0, 0.1) is 0 Å². The molecule has 0 radical (unpaired) electrons. The summed E-state index contributed by atoms with van der Waals surface area (Å²) in [6, 6.07) is 4.94. The number of ether oxygens (including phenoxy) is 1. The summed E-state index contributed by atoms with van der Waals surface area (Å²) in [5.74, 6) is 0.247. The SMILES string of the molecule is CC[N+](C)(C)CCCNC(=O)CCc1ccc([O-])c(OC)c1. The van der Waals surface area contributed by atoms with Gasteiger partial charge in [0.25, 0.3) is 0 Å². The zero-order valence-electron chi connectivity index (χ0n) is 14.1. The molecule has 0 saturated carbocycles. The van der Waals surface area contributed by atoms with Gasteiger partial charge in [0.05, 0.1) is 34.3 Å². The molecule has 1 aromatic carbocycles. The lowest BCUT2D eigenvalue weighted by Gasteiger charge is -2.28. The van der Waals surface area contributed by atoms with Gasteiger partial charge in [-0.05, 0) is 25.0 Å². The van der Waals surface area contributed by atoms with Gasteiger partial charge < -0.3 is 19.6 Å². The lowest BCUT2D eigenvalue weighted by molar-refractivity contribution is -0.888. The van der Waals surface area contributed by atoms with Gasteiger partial charge in [-0.15, -0.1) is 0 Å². The van der Waals surface area contributed by atoms with Crippen LogP contribution in [0.2, 0.25) is 0 Å². The Bertz CT molecular complexity index is 487. The van der Waals surface area contributed by atoms with E-state index in [2.05, 4.69) is 26.3 Å². The van der Waals surface area contributed by atoms with Crippen molar-refractivity contribution in [1.29, 1.82) is 0 Å². The fourth-order valence-corrected chi connectivity index (χ4v) is 2.11. The number of nitrogens with one attached hydrogen (secondary N) is 1. The number of rotatable bonds is 9. The van der Waals surface area contributed by atoms with Crippen molar-refractivity contribution in [2.24, 2.45) is 0 Å². The maximum atomic E-state index is 11.8. The molecule has 1 N–H and O–H groups in total. The zero-order chi connectivity index (χ0) is 16.6. The first kappa shape index (κ1) is 18.3. The van der Waals surface area contributed by atoms with Crippen LogP contribution in [0.5, 0.6) is 11.5 Å². The number of carbonyl (C=O) groups excluding carboxylic acids is 1.